The summed E-state index contributed by atoms with van der Waals surface area (Å²) in [5, 5.41) is 0. The van der Waals surface area contributed by atoms with Gasteiger partial charge in [-0.3, -0.25) is 9.59 Å². The molecule has 1 amide bonds. The van der Waals surface area contributed by atoms with E-state index in [-0.39, 0.29) is 30.0 Å². The average Bonchev–Trinajstić information content (AvgIpc) is 3.10. The van der Waals surface area contributed by atoms with Crippen LogP contribution in [-0.4, -0.2) is 44.3 Å². The molecule has 0 N–H and O–H groups in total. The molecule has 0 aliphatic rings. The Morgan fingerprint density at radius 3 is 2.56 bits per heavy atom. The maximum Gasteiger partial charge on any atom is 0.325 e. The molecule has 1 aromatic heterocycles. The molecule has 0 saturated carbocycles. The van der Waals surface area contributed by atoms with Gasteiger partial charge in [0, 0.05) is 6.42 Å². The third kappa shape index (κ3) is 5.83. The lowest BCUT2D eigenvalue weighted by Crippen LogP contribution is -2.22. The van der Waals surface area contributed by atoms with Crippen molar-refractivity contribution in [3.8, 4) is 5.75 Å². The summed E-state index contributed by atoms with van der Waals surface area (Å²) in [6.07, 6.45) is 0.124. The first kappa shape index (κ1) is 23.7. The van der Waals surface area contributed by atoms with E-state index in [2.05, 4.69) is 4.99 Å². The van der Waals surface area contributed by atoms with Gasteiger partial charge in [-0.05, 0) is 43.7 Å². The second kappa shape index (κ2) is 10.6. The zero-order valence-corrected chi connectivity index (χ0v) is 19.4. The monoisotopic (exact) mass is 476 g/mol. The molecule has 1 heterocycles. The van der Waals surface area contributed by atoms with Crippen LogP contribution in [0.2, 0.25) is 0 Å². The Hall–Kier alpha value is -2.98. The zero-order valence-electron chi connectivity index (χ0n) is 17.8. The first-order chi connectivity index (χ1) is 15.3. The van der Waals surface area contributed by atoms with E-state index in [1.54, 1.807) is 34.9 Å². The first-order valence-corrected chi connectivity index (χ1v) is 12.5. The Morgan fingerprint density at radius 1 is 1.12 bits per heavy atom. The second-order valence-electron chi connectivity index (χ2n) is 6.85. The number of amides is 1. The van der Waals surface area contributed by atoms with Crippen LogP contribution in [0.4, 0.5) is 0 Å². The van der Waals surface area contributed by atoms with Crippen LogP contribution in [-0.2, 0) is 30.7 Å². The van der Waals surface area contributed by atoms with Crippen molar-refractivity contribution in [3.63, 3.8) is 0 Å². The molecule has 2 aromatic carbocycles. The Morgan fingerprint density at radius 2 is 1.88 bits per heavy atom. The van der Waals surface area contributed by atoms with E-state index >= 15 is 0 Å². The van der Waals surface area contributed by atoms with E-state index in [9.17, 15) is 18.0 Å². The van der Waals surface area contributed by atoms with Gasteiger partial charge in [0.1, 0.15) is 12.3 Å². The summed E-state index contributed by atoms with van der Waals surface area (Å²) in [6.45, 7) is 2.30. The van der Waals surface area contributed by atoms with E-state index < -0.39 is 21.7 Å². The number of hydrogen-bond acceptors (Lipinski definition) is 7. The van der Waals surface area contributed by atoms with Gasteiger partial charge in [-0.2, -0.15) is 4.99 Å². The molecule has 0 spiro atoms. The van der Waals surface area contributed by atoms with Crippen LogP contribution in [0.5, 0.6) is 5.75 Å². The number of carbonyl (C=O) groups excluding carboxylic acids is 2. The standard InChI is InChI=1S/C22H24N2O6S2/c1-3-30-16-11-12-18-19(14-16)31-22(24(18)15-21(26)29-2)23-20(25)10-7-13-32(27,28)17-8-5-4-6-9-17/h4-6,8-9,11-12,14H,3,7,10,13,15H2,1-2H3. The molecule has 0 aliphatic heterocycles. The summed E-state index contributed by atoms with van der Waals surface area (Å²) >= 11 is 1.25. The number of ether oxygens (including phenoxy) is 2. The predicted molar refractivity (Wildman–Crippen MR) is 121 cm³/mol. The van der Waals surface area contributed by atoms with Crippen molar-refractivity contribution < 1.29 is 27.5 Å². The fourth-order valence-electron chi connectivity index (χ4n) is 3.06. The number of benzene rings is 2. The summed E-state index contributed by atoms with van der Waals surface area (Å²) in [6, 6.07) is 13.5. The Balaban J connectivity index is 1.81. The van der Waals surface area contributed by atoms with Gasteiger partial charge in [0.25, 0.3) is 0 Å². The molecule has 0 unspecified atom stereocenters. The third-order valence-electron chi connectivity index (χ3n) is 4.61. The van der Waals surface area contributed by atoms with E-state index in [4.69, 9.17) is 9.47 Å². The smallest absolute Gasteiger partial charge is 0.325 e. The van der Waals surface area contributed by atoms with Gasteiger partial charge < -0.3 is 14.0 Å². The SMILES string of the molecule is CCOc1ccc2c(c1)sc(=NC(=O)CCCS(=O)(=O)c1ccccc1)n2CC(=O)OC. The molecule has 3 rings (SSSR count). The maximum atomic E-state index is 12.5. The summed E-state index contributed by atoms with van der Waals surface area (Å²) in [5.74, 6) is -0.398. The van der Waals surface area contributed by atoms with E-state index in [0.717, 1.165) is 10.2 Å². The van der Waals surface area contributed by atoms with Crippen LogP contribution in [0.3, 0.4) is 0 Å². The number of esters is 1. The van der Waals surface area contributed by atoms with E-state index in [1.165, 1.54) is 30.6 Å². The highest BCUT2D eigenvalue weighted by Crippen LogP contribution is 2.23. The molecule has 0 aliphatic carbocycles. The van der Waals surface area contributed by atoms with Gasteiger partial charge in [-0.25, -0.2) is 8.42 Å². The number of sulfone groups is 1. The van der Waals surface area contributed by atoms with Crippen LogP contribution < -0.4 is 9.54 Å². The van der Waals surface area contributed by atoms with Gasteiger partial charge in [-0.1, -0.05) is 29.5 Å². The fourth-order valence-corrected chi connectivity index (χ4v) is 5.47. The molecule has 3 aromatic rings. The van der Waals surface area contributed by atoms with Gasteiger partial charge in [0.05, 0.1) is 34.6 Å². The maximum absolute atomic E-state index is 12.5. The van der Waals surface area contributed by atoms with Crippen LogP contribution >= 0.6 is 11.3 Å². The molecule has 170 valence electrons. The highest BCUT2D eigenvalue weighted by molar-refractivity contribution is 7.91. The number of aromatic nitrogens is 1. The van der Waals surface area contributed by atoms with Gasteiger partial charge in [-0.15, -0.1) is 0 Å². The lowest BCUT2D eigenvalue weighted by Gasteiger charge is -2.05. The number of hydrogen-bond donors (Lipinski definition) is 0. The third-order valence-corrected chi connectivity index (χ3v) is 7.46. The molecule has 8 nitrogen and oxygen atoms in total. The molecule has 0 fully saturated rings. The van der Waals surface area contributed by atoms with E-state index in [1.807, 2.05) is 13.0 Å². The number of carbonyl (C=O) groups is 2. The van der Waals surface area contributed by atoms with Crippen molar-refractivity contribution in [2.24, 2.45) is 4.99 Å². The molecule has 0 saturated heterocycles. The van der Waals surface area contributed by atoms with Crippen molar-refractivity contribution in [2.45, 2.75) is 31.2 Å². The van der Waals surface area contributed by atoms with Gasteiger partial charge >= 0.3 is 5.97 Å². The molecule has 10 heteroatoms. The predicted octanol–water partition coefficient (Wildman–Crippen LogP) is 2.96. The van der Waals surface area contributed by atoms with Crippen molar-refractivity contribution >= 4 is 43.3 Å². The van der Waals surface area contributed by atoms with Crippen molar-refractivity contribution in [1.29, 1.82) is 0 Å². The second-order valence-corrected chi connectivity index (χ2v) is 9.97. The normalized spacial score (nSPS) is 12.1. The summed E-state index contributed by atoms with van der Waals surface area (Å²) in [7, 11) is -2.17. The molecule has 0 bridgehead atoms. The largest absolute Gasteiger partial charge is 0.494 e. The highest BCUT2D eigenvalue weighted by Gasteiger charge is 2.16. The lowest BCUT2D eigenvalue weighted by atomic mass is 10.3. The molecular weight excluding hydrogens is 452 g/mol. The summed E-state index contributed by atoms with van der Waals surface area (Å²) in [4.78, 5) is 29.1. The Bertz CT molecular complexity index is 1280. The number of nitrogens with zero attached hydrogens (tertiary/aromatic N) is 2. The molecule has 32 heavy (non-hydrogen) atoms. The van der Waals surface area contributed by atoms with Crippen LogP contribution in [0.1, 0.15) is 19.8 Å². The highest BCUT2D eigenvalue weighted by atomic mass is 32.2. The van der Waals surface area contributed by atoms with Crippen molar-refractivity contribution in [1.82, 2.24) is 4.57 Å². The van der Waals surface area contributed by atoms with Crippen LogP contribution in [0.15, 0.2) is 58.4 Å². The van der Waals surface area contributed by atoms with Crippen LogP contribution in [0.25, 0.3) is 10.2 Å². The van der Waals surface area contributed by atoms with Crippen LogP contribution in [0, 0.1) is 0 Å². The first-order valence-electron chi connectivity index (χ1n) is 10.0. The average molecular weight is 477 g/mol. The Kier molecular flexibility index (Phi) is 7.81. The minimum atomic E-state index is -3.46. The summed E-state index contributed by atoms with van der Waals surface area (Å²) in [5.41, 5.74) is 0.724. The fraction of sp³-hybridized carbons (Fsp3) is 0.318. The number of methoxy groups -OCH3 is 1. The lowest BCUT2D eigenvalue weighted by molar-refractivity contribution is -0.141. The number of thiazole rings is 1. The molecule has 0 radical (unpaired) electrons. The quantitative estimate of drug-likeness (QED) is 0.440. The minimum Gasteiger partial charge on any atom is -0.494 e. The number of rotatable bonds is 9. The molecular formula is C22H24N2O6S2. The molecule has 0 atom stereocenters. The zero-order chi connectivity index (χ0) is 23.1. The van der Waals surface area contributed by atoms with Gasteiger partial charge in [0.2, 0.25) is 5.91 Å². The minimum absolute atomic E-state index is 0.0251. The van der Waals surface area contributed by atoms with E-state index in [0.29, 0.717) is 17.2 Å². The van der Waals surface area contributed by atoms with Crippen molar-refractivity contribution in [2.75, 3.05) is 19.5 Å². The summed E-state index contributed by atoms with van der Waals surface area (Å²) < 4.78 is 37.5. The van der Waals surface area contributed by atoms with Crippen molar-refractivity contribution in [3.05, 3.63) is 53.3 Å². The number of fused-ring (bicyclic) bond motifs is 1. The van der Waals surface area contributed by atoms with Gasteiger partial charge in [0.15, 0.2) is 14.6 Å². The Labute approximate surface area is 190 Å². The topological polar surface area (TPSA) is 104 Å².